The third-order valence-electron chi connectivity index (χ3n) is 6.07. The van der Waals surface area contributed by atoms with E-state index in [9.17, 15) is 4.79 Å². The smallest absolute Gasteiger partial charge is 0.251 e. The van der Waals surface area contributed by atoms with Crippen molar-refractivity contribution >= 4 is 11.9 Å². The fourth-order valence-corrected chi connectivity index (χ4v) is 4.28. The van der Waals surface area contributed by atoms with Crippen LogP contribution in [0.3, 0.4) is 0 Å². The van der Waals surface area contributed by atoms with Crippen LogP contribution in [0.4, 0.5) is 5.95 Å². The van der Waals surface area contributed by atoms with Crippen molar-refractivity contribution in [3.05, 3.63) is 60.0 Å². The van der Waals surface area contributed by atoms with Gasteiger partial charge in [0.25, 0.3) is 5.91 Å². The zero-order valence-electron chi connectivity index (χ0n) is 17.3. The summed E-state index contributed by atoms with van der Waals surface area (Å²) in [6.45, 7) is 3.14. The molecule has 4 heterocycles. The fourth-order valence-electron chi connectivity index (χ4n) is 4.28. The number of H-pyrrole nitrogens is 1. The second-order valence-corrected chi connectivity index (χ2v) is 8.12. The molecule has 1 atom stereocenters. The van der Waals surface area contributed by atoms with Crippen molar-refractivity contribution in [3.63, 3.8) is 0 Å². The molecule has 2 aliphatic heterocycles. The summed E-state index contributed by atoms with van der Waals surface area (Å²) in [5.41, 5.74) is 3.68. The van der Waals surface area contributed by atoms with Crippen LogP contribution < -0.4 is 10.2 Å². The SMILES string of the molecule is O=C(NC1CCN(c2nccc(C3CCOCC3)n2)C1)c1ccc(-c2ccn[nH]2)cc1. The molecule has 3 aromatic rings. The lowest BCUT2D eigenvalue weighted by Crippen LogP contribution is -2.37. The maximum atomic E-state index is 12.7. The number of carbonyl (C=O) groups is 1. The van der Waals surface area contributed by atoms with E-state index < -0.39 is 0 Å². The maximum absolute atomic E-state index is 12.7. The third kappa shape index (κ3) is 4.44. The van der Waals surface area contributed by atoms with Crippen LogP contribution in [0.1, 0.15) is 41.2 Å². The summed E-state index contributed by atoms with van der Waals surface area (Å²) < 4.78 is 5.47. The first-order valence-corrected chi connectivity index (χ1v) is 10.8. The van der Waals surface area contributed by atoms with Crippen LogP contribution in [0.5, 0.6) is 0 Å². The lowest BCUT2D eigenvalue weighted by Gasteiger charge is -2.23. The average Bonchev–Trinajstić information content (AvgIpc) is 3.53. The van der Waals surface area contributed by atoms with Gasteiger partial charge in [-0.1, -0.05) is 12.1 Å². The predicted molar refractivity (Wildman–Crippen MR) is 117 cm³/mol. The van der Waals surface area contributed by atoms with E-state index in [0.717, 1.165) is 68.5 Å². The van der Waals surface area contributed by atoms with Gasteiger partial charge in [0.05, 0.1) is 5.69 Å². The molecule has 8 heteroatoms. The molecule has 8 nitrogen and oxygen atoms in total. The van der Waals surface area contributed by atoms with Gasteiger partial charge in [0, 0.05) is 61.9 Å². The Labute approximate surface area is 181 Å². The summed E-state index contributed by atoms with van der Waals surface area (Å²) in [6.07, 6.45) is 6.45. The third-order valence-corrected chi connectivity index (χ3v) is 6.07. The number of benzene rings is 1. The first-order chi connectivity index (χ1) is 15.3. The van der Waals surface area contributed by atoms with Crippen molar-refractivity contribution in [2.75, 3.05) is 31.2 Å². The lowest BCUT2D eigenvalue weighted by molar-refractivity contribution is 0.0845. The molecule has 2 saturated heterocycles. The Morgan fingerprint density at radius 1 is 1.06 bits per heavy atom. The Morgan fingerprint density at radius 3 is 2.68 bits per heavy atom. The van der Waals surface area contributed by atoms with Crippen LogP contribution in [0, 0.1) is 0 Å². The molecule has 0 spiro atoms. The quantitative estimate of drug-likeness (QED) is 0.662. The summed E-state index contributed by atoms with van der Waals surface area (Å²) in [5.74, 6) is 1.14. The van der Waals surface area contributed by atoms with E-state index >= 15 is 0 Å². The number of aromatic amines is 1. The molecule has 31 heavy (non-hydrogen) atoms. The molecule has 1 unspecified atom stereocenters. The Balaban J connectivity index is 1.19. The number of ether oxygens (including phenoxy) is 1. The minimum absolute atomic E-state index is 0.0557. The summed E-state index contributed by atoms with van der Waals surface area (Å²) >= 11 is 0. The lowest BCUT2D eigenvalue weighted by atomic mass is 9.96. The van der Waals surface area contributed by atoms with Crippen LogP contribution >= 0.6 is 0 Å². The normalized spacial score (nSPS) is 19.5. The molecule has 5 rings (SSSR count). The maximum Gasteiger partial charge on any atom is 0.251 e. The Hall–Kier alpha value is -3.26. The second-order valence-electron chi connectivity index (χ2n) is 8.12. The summed E-state index contributed by atoms with van der Waals surface area (Å²) in [4.78, 5) is 24.2. The zero-order chi connectivity index (χ0) is 21.0. The minimum atomic E-state index is -0.0557. The molecule has 2 aliphatic rings. The van der Waals surface area contributed by atoms with Crippen molar-refractivity contribution in [2.45, 2.75) is 31.2 Å². The first kappa shape index (κ1) is 19.7. The highest BCUT2D eigenvalue weighted by Crippen LogP contribution is 2.27. The standard InChI is InChI=1S/C23H26N6O2/c30-22(18-3-1-16(2-4-18)21-6-11-25-28-21)26-19-7-12-29(15-19)23-24-10-5-20(27-23)17-8-13-31-14-9-17/h1-6,10-11,17,19H,7-9,12-15H2,(H,25,28)(H,26,30). The molecule has 2 fully saturated rings. The van der Waals surface area contributed by atoms with Gasteiger partial charge < -0.3 is 15.0 Å². The van der Waals surface area contributed by atoms with Gasteiger partial charge in [0.1, 0.15) is 0 Å². The highest BCUT2D eigenvalue weighted by molar-refractivity contribution is 5.94. The molecule has 160 valence electrons. The van der Waals surface area contributed by atoms with E-state index in [2.05, 4.69) is 25.4 Å². The summed E-state index contributed by atoms with van der Waals surface area (Å²) in [7, 11) is 0. The van der Waals surface area contributed by atoms with Crippen LogP contribution in [0.25, 0.3) is 11.3 Å². The monoisotopic (exact) mass is 418 g/mol. The van der Waals surface area contributed by atoms with Gasteiger partial charge in [0.2, 0.25) is 5.95 Å². The van der Waals surface area contributed by atoms with Crippen molar-refractivity contribution < 1.29 is 9.53 Å². The van der Waals surface area contributed by atoms with E-state index in [0.29, 0.717) is 11.5 Å². The molecule has 0 radical (unpaired) electrons. The number of anilines is 1. The zero-order valence-corrected chi connectivity index (χ0v) is 17.3. The van der Waals surface area contributed by atoms with Gasteiger partial charge in [-0.25, -0.2) is 9.97 Å². The Kier molecular flexibility index (Phi) is 5.62. The van der Waals surface area contributed by atoms with Gasteiger partial charge in [-0.2, -0.15) is 5.10 Å². The molecule has 1 amide bonds. The molecule has 0 saturated carbocycles. The fraction of sp³-hybridized carbons (Fsp3) is 0.391. The predicted octanol–water partition coefficient (Wildman–Crippen LogP) is 2.77. The average molecular weight is 419 g/mol. The number of aromatic nitrogens is 4. The minimum Gasteiger partial charge on any atom is -0.381 e. The van der Waals surface area contributed by atoms with E-state index in [1.165, 1.54) is 0 Å². The second kappa shape index (κ2) is 8.85. The van der Waals surface area contributed by atoms with E-state index in [-0.39, 0.29) is 11.9 Å². The van der Waals surface area contributed by atoms with E-state index in [4.69, 9.17) is 9.72 Å². The number of nitrogens with one attached hydrogen (secondary N) is 2. The topological polar surface area (TPSA) is 96.0 Å². The molecule has 2 N–H and O–H groups in total. The molecule has 2 aromatic heterocycles. The van der Waals surface area contributed by atoms with Crippen LogP contribution in [0.2, 0.25) is 0 Å². The van der Waals surface area contributed by atoms with E-state index in [1.54, 1.807) is 6.20 Å². The van der Waals surface area contributed by atoms with Crippen molar-refractivity contribution in [2.24, 2.45) is 0 Å². The summed E-state index contributed by atoms with van der Waals surface area (Å²) in [5, 5.41) is 10.0. The van der Waals surface area contributed by atoms with Gasteiger partial charge in [0.15, 0.2) is 0 Å². The molecular formula is C23H26N6O2. The molecular weight excluding hydrogens is 392 g/mol. The van der Waals surface area contributed by atoms with Gasteiger partial charge in [-0.3, -0.25) is 9.89 Å². The number of amides is 1. The Morgan fingerprint density at radius 2 is 1.90 bits per heavy atom. The Bertz CT molecular complexity index is 1010. The number of hydrogen-bond donors (Lipinski definition) is 2. The molecule has 0 bridgehead atoms. The van der Waals surface area contributed by atoms with Crippen molar-refractivity contribution in [3.8, 4) is 11.3 Å². The number of rotatable bonds is 5. The molecule has 0 aliphatic carbocycles. The van der Waals surface area contributed by atoms with Crippen LogP contribution in [-0.2, 0) is 4.74 Å². The van der Waals surface area contributed by atoms with Crippen LogP contribution in [0.15, 0.2) is 48.8 Å². The van der Waals surface area contributed by atoms with Crippen molar-refractivity contribution in [1.29, 1.82) is 0 Å². The highest BCUT2D eigenvalue weighted by Gasteiger charge is 2.27. The van der Waals surface area contributed by atoms with E-state index in [1.807, 2.05) is 42.6 Å². The summed E-state index contributed by atoms with van der Waals surface area (Å²) in [6, 6.07) is 11.5. The highest BCUT2D eigenvalue weighted by atomic mass is 16.5. The van der Waals surface area contributed by atoms with Gasteiger partial charge in [-0.05, 0) is 49.1 Å². The van der Waals surface area contributed by atoms with Gasteiger partial charge in [-0.15, -0.1) is 0 Å². The van der Waals surface area contributed by atoms with Crippen molar-refractivity contribution in [1.82, 2.24) is 25.5 Å². The first-order valence-electron chi connectivity index (χ1n) is 10.8. The number of nitrogens with zero attached hydrogens (tertiary/aromatic N) is 4. The van der Waals surface area contributed by atoms with Crippen LogP contribution in [-0.4, -0.2) is 58.4 Å². The van der Waals surface area contributed by atoms with Gasteiger partial charge >= 0.3 is 0 Å². The number of hydrogen-bond acceptors (Lipinski definition) is 6. The number of carbonyl (C=O) groups excluding carboxylic acids is 1. The largest absolute Gasteiger partial charge is 0.381 e. The molecule has 1 aromatic carbocycles.